The number of nitrogens with one attached hydrogen (secondary N) is 2. The average Bonchev–Trinajstić information content (AvgIpc) is 2.61. The first-order valence-corrected chi connectivity index (χ1v) is 9.75. The number of benzene rings is 2. The van der Waals surface area contributed by atoms with Crippen molar-refractivity contribution < 1.29 is 14.5 Å². The molecule has 0 fully saturated rings. The van der Waals surface area contributed by atoms with E-state index in [2.05, 4.69) is 10.6 Å². The maximum Gasteiger partial charge on any atom is 0.269 e. The van der Waals surface area contributed by atoms with E-state index in [9.17, 15) is 19.7 Å². The van der Waals surface area contributed by atoms with Crippen LogP contribution in [0.4, 0.5) is 11.4 Å². The summed E-state index contributed by atoms with van der Waals surface area (Å²) in [7, 11) is 0. The van der Waals surface area contributed by atoms with Gasteiger partial charge in [-0.25, -0.2) is 0 Å². The number of thioether (sulfide) groups is 1. The van der Waals surface area contributed by atoms with Gasteiger partial charge in [-0.2, -0.15) is 0 Å². The van der Waals surface area contributed by atoms with Crippen LogP contribution in [0.25, 0.3) is 0 Å². The smallest absolute Gasteiger partial charge is 0.269 e. The maximum atomic E-state index is 12.6. The minimum Gasteiger partial charge on any atom is -0.350 e. The number of non-ortho nitro benzene ring substituents is 1. The van der Waals surface area contributed by atoms with Gasteiger partial charge in [-0.3, -0.25) is 19.7 Å². The van der Waals surface area contributed by atoms with Gasteiger partial charge in [0.15, 0.2) is 0 Å². The van der Waals surface area contributed by atoms with Crippen molar-refractivity contribution in [2.24, 2.45) is 0 Å². The molecule has 2 amide bonds. The molecular weight excluding hydrogens is 402 g/mol. The Balaban J connectivity index is 2.11. The van der Waals surface area contributed by atoms with Crippen molar-refractivity contribution in [1.82, 2.24) is 5.32 Å². The van der Waals surface area contributed by atoms with Gasteiger partial charge in [0.05, 0.1) is 21.4 Å². The van der Waals surface area contributed by atoms with Crippen molar-refractivity contribution in [3.63, 3.8) is 0 Å². The van der Waals surface area contributed by atoms with Crippen molar-refractivity contribution in [2.75, 3.05) is 5.32 Å². The molecule has 0 spiro atoms. The predicted molar refractivity (Wildman–Crippen MR) is 111 cm³/mol. The molecule has 0 bridgehead atoms. The van der Waals surface area contributed by atoms with Gasteiger partial charge >= 0.3 is 0 Å². The fourth-order valence-corrected chi connectivity index (χ4v) is 3.34. The van der Waals surface area contributed by atoms with Crippen LogP contribution in [-0.4, -0.2) is 28.0 Å². The lowest BCUT2D eigenvalue weighted by molar-refractivity contribution is -0.384. The van der Waals surface area contributed by atoms with Gasteiger partial charge in [0.25, 0.3) is 11.6 Å². The van der Waals surface area contributed by atoms with E-state index in [1.54, 1.807) is 31.2 Å². The minimum absolute atomic E-state index is 0.0128. The van der Waals surface area contributed by atoms with Crippen LogP contribution < -0.4 is 10.6 Å². The largest absolute Gasteiger partial charge is 0.350 e. The van der Waals surface area contributed by atoms with Crippen LogP contribution in [0.3, 0.4) is 0 Å². The molecule has 0 aliphatic carbocycles. The molecule has 1 atom stereocenters. The Morgan fingerprint density at radius 3 is 2.32 bits per heavy atom. The van der Waals surface area contributed by atoms with Crippen molar-refractivity contribution in [3.8, 4) is 0 Å². The molecule has 1 unspecified atom stereocenters. The van der Waals surface area contributed by atoms with Crippen molar-refractivity contribution in [2.45, 2.75) is 37.0 Å². The molecular formula is C19H20ClN3O4S. The fourth-order valence-electron chi connectivity index (χ4n) is 2.30. The number of carbonyl (C=O) groups is 2. The summed E-state index contributed by atoms with van der Waals surface area (Å²) in [6.07, 6.45) is 0. The number of nitro benzene ring substituents is 1. The number of halogens is 1. The summed E-state index contributed by atoms with van der Waals surface area (Å²) in [5.41, 5.74) is 0.631. The van der Waals surface area contributed by atoms with Crippen LogP contribution in [0.15, 0.2) is 47.4 Å². The summed E-state index contributed by atoms with van der Waals surface area (Å²) in [6.45, 7) is 5.39. The predicted octanol–water partition coefficient (Wildman–Crippen LogP) is 4.51. The Kier molecular flexibility index (Phi) is 7.42. The summed E-state index contributed by atoms with van der Waals surface area (Å²) >= 11 is 7.27. The lowest BCUT2D eigenvalue weighted by Crippen LogP contribution is -2.31. The van der Waals surface area contributed by atoms with E-state index in [1.165, 1.54) is 30.0 Å². The highest BCUT2D eigenvalue weighted by molar-refractivity contribution is 8.00. The molecule has 2 rings (SSSR count). The molecule has 2 aromatic carbocycles. The number of rotatable bonds is 7. The molecule has 0 saturated carbocycles. The zero-order valence-corrected chi connectivity index (χ0v) is 17.1. The number of nitro groups is 1. The number of anilines is 1. The van der Waals surface area contributed by atoms with Gasteiger partial charge in [-0.1, -0.05) is 11.6 Å². The third kappa shape index (κ3) is 5.97. The van der Waals surface area contributed by atoms with Gasteiger partial charge in [0.2, 0.25) is 5.91 Å². The second-order valence-corrected chi connectivity index (χ2v) is 8.17. The van der Waals surface area contributed by atoms with E-state index in [1.807, 2.05) is 13.8 Å². The van der Waals surface area contributed by atoms with Crippen molar-refractivity contribution in [3.05, 3.63) is 63.2 Å². The monoisotopic (exact) mass is 421 g/mol. The zero-order chi connectivity index (χ0) is 20.8. The quantitative estimate of drug-likeness (QED) is 0.389. The van der Waals surface area contributed by atoms with Crippen molar-refractivity contribution >= 4 is 46.6 Å². The normalized spacial score (nSPS) is 11.8. The van der Waals surface area contributed by atoms with Crippen LogP contribution >= 0.6 is 23.4 Å². The molecule has 9 heteroatoms. The Morgan fingerprint density at radius 2 is 1.75 bits per heavy atom. The Bertz CT molecular complexity index is 887. The van der Waals surface area contributed by atoms with E-state index in [4.69, 9.17) is 11.6 Å². The highest BCUT2D eigenvalue weighted by Gasteiger charge is 2.19. The van der Waals surface area contributed by atoms with Gasteiger partial charge < -0.3 is 10.6 Å². The Morgan fingerprint density at radius 1 is 1.11 bits per heavy atom. The molecule has 0 radical (unpaired) electrons. The molecule has 2 aromatic rings. The summed E-state index contributed by atoms with van der Waals surface area (Å²) in [5, 5.41) is 16.1. The van der Waals surface area contributed by atoms with Gasteiger partial charge in [0.1, 0.15) is 0 Å². The van der Waals surface area contributed by atoms with Gasteiger partial charge in [0, 0.05) is 28.1 Å². The van der Waals surface area contributed by atoms with Crippen LogP contribution in [0.1, 0.15) is 31.1 Å². The van der Waals surface area contributed by atoms with Gasteiger partial charge in [-0.15, -0.1) is 11.8 Å². The zero-order valence-electron chi connectivity index (χ0n) is 15.6. The summed E-state index contributed by atoms with van der Waals surface area (Å²) in [4.78, 5) is 35.9. The molecule has 0 aliphatic rings. The Hall–Kier alpha value is -2.58. The van der Waals surface area contributed by atoms with Crippen molar-refractivity contribution in [1.29, 1.82) is 0 Å². The fraction of sp³-hybridized carbons (Fsp3) is 0.263. The summed E-state index contributed by atoms with van der Waals surface area (Å²) in [6, 6.07) is 10.6. The van der Waals surface area contributed by atoms with E-state index in [0.29, 0.717) is 16.3 Å². The second-order valence-electron chi connectivity index (χ2n) is 6.32. The Labute approximate surface area is 172 Å². The SMILES string of the molecule is CC(C)NC(=O)c1ccc(Cl)cc1NC(=O)C(C)Sc1ccc([N+](=O)[O-])cc1. The molecule has 0 saturated heterocycles. The van der Waals surface area contributed by atoms with Crippen LogP contribution in [0.2, 0.25) is 5.02 Å². The molecule has 148 valence electrons. The third-order valence-corrected chi connectivity index (χ3v) is 4.98. The number of amides is 2. The maximum absolute atomic E-state index is 12.6. The van der Waals surface area contributed by atoms with E-state index in [-0.39, 0.29) is 23.5 Å². The highest BCUT2D eigenvalue weighted by atomic mass is 35.5. The van der Waals surface area contributed by atoms with Crippen LogP contribution in [0.5, 0.6) is 0 Å². The van der Waals surface area contributed by atoms with Gasteiger partial charge in [-0.05, 0) is 51.1 Å². The molecule has 28 heavy (non-hydrogen) atoms. The lowest BCUT2D eigenvalue weighted by Gasteiger charge is -2.16. The van der Waals surface area contributed by atoms with E-state index < -0.39 is 10.2 Å². The minimum atomic E-state index is -0.499. The number of hydrogen-bond acceptors (Lipinski definition) is 5. The second kappa shape index (κ2) is 9.57. The van der Waals surface area contributed by atoms with E-state index >= 15 is 0 Å². The number of hydrogen-bond donors (Lipinski definition) is 2. The van der Waals surface area contributed by atoms with E-state index in [0.717, 1.165) is 4.90 Å². The lowest BCUT2D eigenvalue weighted by atomic mass is 10.1. The number of nitrogens with zero attached hydrogens (tertiary/aromatic N) is 1. The first-order valence-electron chi connectivity index (χ1n) is 8.49. The van der Waals surface area contributed by atoms with Crippen LogP contribution in [0, 0.1) is 10.1 Å². The third-order valence-electron chi connectivity index (χ3n) is 3.63. The molecule has 0 aromatic heterocycles. The summed E-state index contributed by atoms with van der Waals surface area (Å²) in [5.74, 6) is -0.623. The average molecular weight is 422 g/mol. The molecule has 0 heterocycles. The first-order chi connectivity index (χ1) is 13.2. The molecule has 2 N–H and O–H groups in total. The molecule has 7 nitrogen and oxygen atoms in total. The molecule has 0 aliphatic heterocycles. The summed E-state index contributed by atoms with van der Waals surface area (Å²) < 4.78 is 0. The standard InChI is InChI=1S/C19H20ClN3O4S/c1-11(2)21-19(25)16-9-4-13(20)10-17(16)22-18(24)12(3)28-15-7-5-14(6-8-15)23(26)27/h4-12H,1-3H3,(H,21,25)(H,22,24). The van der Waals surface area contributed by atoms with Crippen LogP contribution in [-0.2, 0) is 4.79 Å². The number of carbonyl (C=O) groups excluding carboxylic acids is 2. The highest BCUT2D eigenvalue weighted by Crippen LogP contribution is 2.27. The first kappa shape index (κ1) is 21.7. The topological polar surface area (TPSA) is 101 Å².